The van der Waals surface area contributed by atoms with Gasteiger partial charge in [-0.15, -0.1) is 0 Å². The summed E-state index contributed by atoms with van der Waals surface area (Å²) in [7, 11) is 0. The molecule has 1 nitrogen and oxygen atoms in total. The number of hydrogen-bond donors (Lipinski definition) is 0. The zero-order valence-electron chi connectivity index (χ0n) is 14.2. The van der Waals surface area contributed by atoms with Crippen LogP contribution in [0.3, 0.4) is 0 Å². The van der Waals surface area contributed by atoms with Gasteiger partial charge in [-0.25, -0.2) is 0 Å². The zero-order valence-corrected chi connectivity index (χ0v) is 17.1. The summed E-state index contributed by atoms with van der Waals surface area (Å²) >= 11 is -2.18. The van der Waals surface area contributed by atoms with Crippen LogP contribution in [0.5, 0.6) is 0 Å². The molecule has 114 valence electrons. The monoisotopic (exact) mass is 375 g/mol. The topological polar surface area (TPSA) is 3.24 Å². The third-order valence-electron chi connectivity index (χ3n) is 4.34. The third-order valence-corrected chi connectivity index (χ3v) is 20.6. The van der Waals surface area contributed by atoms with Gasteiger partial charge < -0.3 is 0 Å². The van der Waals surface area contributed by atoms with Crippen LogP contribution < -0.4 is 0 Å². The molecule has 0 radical (unpaired) electrons. The average Bonchev–Trinajstić information content (AvgIpc) is 2.40. The Morgan fingerprint density at radius 2 is 1.21 bits per heavy atom. The van der Waals surface area contributed by atoms with Gasteiger partial charge in [0.05, 0.1) is 0 Å². The van der Waals surface area contributed by atoms with Gasteiger partial charge in [0.1, 0.15) is 0 Å². The predicted octanol–water partition coefficient (Wildman–Crippen LogP) is 6.19. The van der Waals surface area contributed by atoms with E-state index in [1.165, 1.54) is 50.8 Å². The van der Waals surface area contributed by atoms with Crippen molar-refractivity contribution in [1.29, 1.82) is 0 Å². The van der Waals surface area contributed by atoms with E-state index < -0.39 is 18.7 Å². The predicted molar refractivity (Wildman–Crippen MR) is 92.1 cm³/mol. The van der Waals surface area contributed by atoms with Gasteiger partial charge in [-0.2, -0.15) is 0 Å². The Hall–Kier alpha value is 0.339. The summed E-state index contributed by atoms with van der Waals surface area (Å²) in [4.78, 5) is 0. The number of unbranched alkanes of at least 4 members (excludes halogenated alkanes) is 3. The molecule has 0 aliphatic rings. The molecule has 2 heteroatoms. The van der Waals surface area contributed by atoms with E-state index >= 15 is 0 Å². The van der Waals surface area contributed by atoms with Crippen molar-refractivity contribution in [2.24, 2.45) is 0 Å². The average molecular weight is 374 g/mol. The van der Waals surface area contributed by atoms with Gasteiger partial charge in [0.15, 0.2) is 0 Å². The van der Waals surface area contributed by atoms with Crippen molar-refractivity contribution < 1.29 is 0 Å². The van der Waals surface area contributed by atoms with E-state index in [9.17, 15) is 0 Å². The molecule has 0 saturated heterocycles. The molecule has 0 N–H and O–H groups in total. The van der Waals surface area contributed by atoms with Crippen LogP contribution in [0.1, 0.15) is 73.1 Å². The van der Waals surface area contributed by atoms with Crippen LogP contribution >= 0.6 is 0 Å². The van der Waals surface area contributed by atoms with E-state index in [1.54, 1.807) is 13.3 Å². The van der Waals surface area contributed by atoms with Crippen molar-refractivity contribution in [3.05, 3.63) is 12.3 Å². The fourth-order valence-corrected chi connectivity index (χ4v) is 20.6. The van der Waals surface area contributed by atoms with Crippen molar-refractivity contribution in [1.82, 2.24) is 3.12 Å². The molecule has 0 rings (SSSR count). The standard InChI is InChI=1S/C5H10N.3C4H9.Sn/c1-4-6-5(2)3;3*1-3-4-2;/h2,4H2,1,3H3;3*1,3-4H2,2H3;/q-1;;;;+1. The van der Waals surface area contributed by atoms with Crippen molar-refractivity contribution in [2.75, 3.05) is 6.54 Å². The van der Waals surface area contributed by atoms with Gasteiger partial charge in [-0.1, -0.05) is 0 Å². The first-order valence-corrected chi connectivity index (χ1v) is 15.8. The van der Waals surface area contributed by atoms with Gasteiger partial charge in [0.25, 0.3) is 0 Å². The van der Waals surface area contributed by atoms with Crippen molar-refractivity contribution >= 4 is 18.7 Å². The minimum atomic E-state index is -2.18. The molecule has 0 heterocycles. The number of rotatable bonds is 12. The fraction of sp³-hybridized carbons (Fsp3) is 0.882. The van der Waals surface area contributed by atoms with Crippen molar-refractivity contribution in [3.8, 4) is 0 Å². The van der Waals surface area contributed by atoms with E-state index in [0.717, 1.165) is 0 Å². The Labute approximate surface area is 127 Å². The maximum absolute atomic E-state index is 4.29. The quantitative estimate of drug-likeness (QED) is 0.368. The third kappa shape index (κ3) is 6.55. The number of allylic oxidation sites excluding steroid dienone is 1. The molecule has 0 atom stereocenters. The first-order chi connectivity index (χ1) is 9.07. The van der Waals surface area contributed by atoms with E-state index in [4.69, 9.17) is 0 Å². The van der Waals surface area contributed by atoms with Crippen LogP contribution in [0.2, 0.25) is 13.3 Å². The number of hydrogen-bond acceptors (Lipinski definition) is 1. The summed E-state index contributed by atoms with van der Waals surface area (Å²) in [6.45, 7) is 17.1. The molecule has 0 aromatic rings. The summed E-state index contributed by atoms with van der Waals surface area (Å²) in [6, 6.07) is 0. The van der Waals surface area contributed by atoms with E-state index in [2.05, 4.69) is 44.3 Å². The Balaban J connectivity index is 5.10. The molecule has 0 aromatic heterocycles. The minimum absolute atomic E-state index is 1.20. The van der Waals surface area contributed by atoms with Crippen LogP contribution in [0.4, 0.5) is 0 Å². The fourth-order valence-electron chi connectivity index (χ4n) is 3.31. The second-order valence-corrected chi connectivity index (χ2v) is 18.8. The molecule has 0 fully saturated rings. The molecule has 0 spiro atoms. The molecular weight excluding hydrogens is 337 g/mol. The Kier molecular flexibility index (Phi) is 11.2. The normalized spacial score (nSPS) is 11.6. The maximum atomic E-state index is 4.29. The summed E-state index contributed by atoms with van der Waals surface area (Å²) in [5.74, 6) is 0. The van der Waals surface area contributed by atoms with Gasteiger partial charge >= 0.3 is 127 Å². The van der Waals surface area contributed by atoms with E-state index in [1.807, 2.05) is 0 Å². The van der Waals surface area contributed by atoms with E-state index in [0.29, 0.717) is 0 Å². The van der Waals surface area contributed by atoms with Crippen LogP contribution in [-0.2, 0) is 0 Å². The molecule has 0 aliphatic heterocycles. The zero-order chi connectivity index (χ0) is 14.7. The molecule has 19 heavy (non-hydrogen) atoms. The van der Waals surface area contributed by atoms with Crippen LogP contribution in [0.15, 0.2) is 12.3 Å². The molecule has 0 aliphatic carbocycles. The number of nitrogens with zero attached hydrogens (tertiary/aromatic N) is 1. The summed E-state index contributed by atoms with van der Waals surface area (Å²) in [5.41, 5.74) is 1.35. The molecule has 0 saturated carbocycles. The summed E-state index contributed by atoms with van der Waals surface area (Å²) < 4.78 is 7.46. The molecule has 0 unspecified atom stereocenters. The van der Waals surface area contributed by atoms with Gasteiger partial charge in [-0.3, -0.25) is 0 Å². The van der Waals surface area contributed by atoms with Crippen molar-refractivity contribution in [3.63, 3.8) is 0 Å². The Morgan fingerprint density at radius 3 is 1.42 bits per heavy atom. The molecule has 0 bridgehead atoms. The SMILES string of the molecule is C=C(C)[N](CC)[Sn]([CH2]CCC)([CH2]CCC)[CH2]CCC. The second kappa shape index (κ2) is 11.0. The summed E-state index contributed by atoms with van der Waals surface area (Å²) in [6.07, 6.45) is 8.37. The molecule has 0 aromatic carbocycles. The van der Waals surface area contributed by atoms with Gasteiger partial charge in [0.2, 0.25) is 0 Å². The van der Waals surface area contributed by atoms with Crippen molar-refractivity contribution in [2.45, 2.75) is 86.5 Å². The van der Waals surface area contributed by atoms with E-state index in [-0.39, 0.29) is 0 Å². The Bertz CT molecular complexity index is 216. The molecular formula is C17H37NSn. The first-order valence-electron chi connectivity index (χ1n) is 8.51. The van der Waals surface area contributed by atoms with Crippen LogP contribution in [0, 0.1) is 0 Å². The van der Waals surface area contributed by atoms with Crippen LogP contribution in [0.25, 0.3) is 0 Å². The first kappa shape index (κ1) is 19.3. The van der Waals surface area contributed by atoms with Crippen LogP contribution in [-0.4, -0.2) is 28.3 Å². The van der Waals surface area contributed by atoms with Gasteiger partial charge in [0, 0.05) is 0 Å². The molecule has 0 amide bonds. The summed E-state index contributed by atoms with van der Waals surface area (Å²) in [5, 5.41) is 0. The second-order valence-electron chi connectivity index (χ2n) is 6.01. The van der Waals surface area contributed by atoms with Gasteiger partial charge in [-0.05, 0) is 0 Å². The Morgan fingerprint density at radius 1 is 0.842 bits per heavy atom.